The minimum Gasteiger partial charge on any atom is -0.348 e. The molecule has 1 unspecified atom stereocenters. The minimum absolute atomic E-state index is 0.133. The number of para-hydroxylation sites is 1. The second kappa shape index (κ2) is 6.82. The van der Waals surface area contributed by atoms with Gasteiger partial charge in [0.1, 0.15) is 0 Å². The van der Waals surface area contributed by atoms with Gasteiger partial charge in [0.05, 0.1) is 17.3 Å². The third kappa shape index (κ3) is 3.50. The van der Waals surface area contributed by atoms with Crippen LogP contribution in [-0.4, -0.2) is 22.0 Å². The summed E-state index contributed by atoms with van der Waals surface area (Å²) in [6.45, 7) is 3.13. The number of anilines is 1. The normalized spacial score (nSPS) is 17.3. The smallest absolute Gasteiger partial charge is 0.348 e. The molecule has 134 valence electrons. The molecule has 2 amide bonds. The molecule has 2 aromatic rings. The zero-order chi connectivity index (χ0) is 18.0. The Bertz CT molecular complexity index is 754. The Morgan fingerprint density at radius 2 is 1.96 bits per heavy atom. The molecule has 0 aliphatic carbocycles. The first-order valence-electron chi connectivity index (χ1n) is 8.30. The molecule has 0 bridgehead atoms. The molecule has 1 aliphatic heterocycles. The Morgan fingerprint density at radius 3 is 2.68 bits per heavy atom. The number of carbonyl (C=O) groups is 1. The molecule has 1 N–H and O–H groups in total. The Kier molecular flexibility index (Phi) is 4.74. The quantitative estimate of drug-likeness (QED) is 0.839. The molecular formula is C18H20F3N3O. The van der Waals surface area contributed by atoms with Crippen LogP contribution in [0.4, 0.5) is 23.7 Å². The van der Waals surface area contributed by atoms with Gasteiger partial charge in [-0.1, -0.05) is 25.5 Å². The van der Waals surface area contributed by atoms with Crippen LogP contribution in [0.15, 0.2) is 42.6 Å². The maximum absolute atomic E-state index is 13.1. The molecule has 1 aromatic carbocycles. The summed E-state index contributed by atoms with van der Waals surface area (Å²) in [6.07, 6.45) is -0.910. The number of hydrogen-bond donors (Lipinski definition) is 1. The molecular weight excluding hydrogens is 331 g/mol. The lowest BCUT2D eigenvalue weighted by molar-refractivity contribution is -0.136. The highest BCUT2D eigenvalue weighted by molar-refractivity contribution is 5.90. The number of alkyl halides is 3. The van der Waals surface area contributed by atoms with Gasteiger partial charge in [-0.3, -0.25) is 0 Å². The fourth-order valence-corrected chi connectivity index (χ4v) is 3.31. The number of nitrogens with one attached hydrogen (secondary N) is 1. The number of hydrogen-bond acceptors (Lipinski definition) is 1. The monoisotopic (exact) mass is 351 g/mol. The Labute approximate surface area is 144 Å². The van der Waals surface area contributed by atoms with E-state index in [0.29, 0.717) is 13.1 Å². The summed E-state index contributed by atoms with van der Waals surface area (Å²) in [6, 6.07) is 8.31. The van der Waals surface area contributed by atoms with Crippen LogP contribution in [0.2, 0.25) is 0 Å². The molecule has 1 aromatic heterocycles. The molecule has 0 saturated carbocycles. The van der Waals surface area contributed by atoms with E-state index in [2.05, 4.69) is 9.88 Å². The highest BCUT2D eigenvalue weighted by Crippen LogP contribution is 2.35. The highest BCUT2D eigenvalue weighted by atomic mass is 19.4. The van der Waals surface area contributed by atoms with Crippen molar-refractivity contribution in [3.8, 4) is 0 Å². The van der Waals surface area contributed by atoms with Crippen molar-refractivity contribution in [2.24, 2.45) is 0 Å². The van der Waals surface area contributed by atoms with Crippen LogP contribution in [0.1, 0.15) is 37.1 Å². The van der Waals surface area contributed by atoms with Gasteiger partial charge in [0.2, 0.25) is 0 Å². The summed E-state index contributed by atoms with van der Waals surface area (Å²) in [7, 11) is 0. The van der Waals surface area contributed by atoms with Crippen LogP contribution in [0.3, 0.4) is 0 Å². The number of amides is 2. The number of benzene rings is 1. The summed E-state index contributed by atoms with van der Waals surface area (Å²) in [5.41, 5.74) is -0.0284. The average molecular weight is 351 g/mol. The van der Waals surface area contributed by atoms with Gasteiger partial charge in [-0.25, -0.2) is 4.79 Å². The fraction of sp³-hybridized carbons (Fsp3) is 0.389. The van der Waals surface area contributed by atoms with Gasteiger partial charge < -0.3 is 14.8 Å². The van der Waals surface area contributed by atoms with Crippen LogP contribution in [0.5, 0.6) is 0 Å². The lowest BCUT2D eigenvalue weighted by Gasteiger charge is -2.37. The van der Waals surface area contributed by atoms with E-state index in [1.54, 1.807) is 4.90 Å². The van der Waals surface area contributed by atoms with E-state index in [1.807, 2.05) is 25.3 Å². The molecule has 0 spiro atoms. The lowest BCUT2D eigenvalue weighted by atomic mass is 10.0. The molecule has 25 heavy (non-hydrogen) atoms. The number of nitrogens with zero attached hydrogens (tertiary/aromatic N) is 2. The zero-order valence-electron chi connectivity index (χ0n) is 13.9. The van der Waals surface area contributed by atoms with Crippen molar-refractivity contribution in [2.75, 3.05) is 11.9 Å². The van der Waals surface area contributed by atoms with E-state index in [4.69, 9.17) is 0 Å². The summed E-state index contributed by atoms with van der Waals surface area (Å²) in [5.74, 6) is 0. The second-order valence-electron chi connectivity index (χ2n) is 6.10. The Morgan fingerprint density at radius 1 is 1.20 bits per heavy atom. The third-order valence-corrected chi connectivity index (χ3v) is 4.46. The number of halogens is 3. The van der Waals surface area contributed by atoms with E-state index >= 15 is 0 Å². The Balaban J connectivity index is 1.84. The summed E-state index contributed by atoms with van der Waals surface area (Å²) in [5, 5.41) is 2.46. The fourth-order valence-electron chi connectivity index (χ4n) is 3.31. The van der Waals surface area contributed by atoms with Crippen molar-refractivity contribution in [1.82, 2.24) is 9.47 Å². The first-order valence-corrected chi connectivity index (χ1v) is 8.30. The molecule has 2 heterocycles. The van der Waals surface area contributed by atoms with Crippen LogP contribution >= 0.6 is 0 Å². The zero-order valence-corrected chi connectivity index (χ0v) is 13.9. The summed E-state index contributed by atoms with van der Waals surface area (Å²) < 4.78 is 41.5. The van der Waals surface area contributed by atoms with Gasteiger partial charge in [0.15, 0.2) is 0 Å². The van der Waals surface area contributed by atoms with Crippen molar-refractivity contribution in [1.29, 1.82) is 0 Å². The number of urea groups is 1. The van der Waals surface area contributed by atoms with E-state index < -0.39 is 17.8 Å². The Hall–Kier alpha value is -2.44. The minimum atomic E-state index is -4.51. The molecule has 1 atom stereocenters. The van der Waals surface area contributed by atoms with Crippen LogP contribution < -0.4 is 5.32 Å². The van der Waals surface area contributed by atoms with Crippen molar-refractivity contribution in [3.05, 3.63) is 53.9 Å². The van der Waals surface area contributed by atoms with Gasteiger partial charge in [-0.15, -0.1) is 0 Å². The molecule has 0 radical (unpaired) electrons. The SMILES string of the molecule is CCCC1c2cccn2CCN1C(=O)Nc1ccccc1C(F)(F)F. The highest BCUT2D eigenvalue weighted by Gasteiger charge is 2.35. The average Bonchev–Trinajstić information content (AvgIpc) is 3.04. The van der Waals surface area contributed by atoms with E-state index in [9.17, 15) is 18.0 Å². The molecule has 4 nitrogen and oxygen atoms in total. The van der Waals surface area contributed by atoms with Crippen LogP contribution in [0, 0.1) is 0 Å². The third-order valence-electron chi connectivity index (χ3n) is 4.46. The summed E-state index contributed by atoms with van der Waals surface area (Å²) >= 11 is 0. The second-order valence-corrected chi connectivity index (χ2v) is 6.10. The van der Waals surface area contributed by atoms with Crippen LogP contribution in [-0.2, 0) is 12.7 Å². The number of rotatable bonds is 3. The maximum Gasteiger partial charge on any atom is 0.418 e. The standard InChI is InChI=1S/C18H20F3N3O/c1-2-6-16-15-9-5-10-23(15)11-12-24(16)17(25)22-14-8-4-3-7-13(14)18(19,20)21/h3-5,7-10,16H,2,6,11-12H2,1H3,(H,22,25). The maximum atomic E-state index is 13.1. The van der Waals surface area contributed by atoms with E-state index in [-0.39, 0.29) is 11.7 Å². The van der Waals surface area contributed by atoms with Crippen LogP contribution in [0.25, 0.3) is 0 Å². The first-order chi connectivity index (χ1) is 11.9. The number of carbonyl (C=O) groups excluding carboxylic acids is 1. The topological polar surface area (TPSA) is 37.3 Å². The van der Waals surface area contributed by atoms with Crippen molar-refractivity contribution >= 4 is 11.7 Å². The molecule has 1 aliphatic rings. The lowest BCUT2D eigenvalue weighted by Crippen LogP contribution is -2.44. The van der Waals surface area contributed by atoms with Crippen molar-refractivity contribution < 1.29 is 18.0 Å². The number of aromatic nitrogens is 1. The van der Waals surface area contributed by atoms with Gasteiger partial charge in [0, 0.05) is 25.0 Å². The molecule has 0 fully saturated rings. The first kappa shape index (κ1) is 17.4. The summed E-state index contributed by atoms with van der Waals surface area (Å²) in [4.78, 5) is 14.3. The van der Waals surface area contributed by atoms with E-state index in [0.717, 1.165) is 24.6 Å². The van der Waals surface area contributed by atoms with Gasteiger partial charge in [-0.05, 0) is 30.7 Å². The van der Waals surface area contributed by atoms with Crippen molar-refractivity contribution in [2.45, 2.75) is 38.5 Å². The predicted octanol–water partition coefficient (Wildman–Crippen LogP) is 4.90. The van der Waals surface area contributed by atoms with Gasteiger partial charge in [-0.2, -0.15) is 13.2 Å². The van der Waals surface area contributed by atoms with E-state index in [1.165, 1.54) is 18.2 Å². The molecule has 7 heteroatoms. The largest absolute Gasteiger partial charge is 0.418 e. The molecule has 3 rings (SSSR count). The van der Waals surface area contributed by atoms with Gasteiger partial charge in [0.25, 0.3) is 0 Å². The van der Waals surface area contributed by atoms with Gasteiger partial charge >= 0.3 is 12.2 Å². The molecule has 0 saturated heterocycles. The van der Waals surface area contributed by atoms with Crippen molar-refractivity contribution in [3.63, 3.8) is 0 Å². The predicted molar refractivity (Wildman–Crippen MR) is 89.2 cm³/mol. The number of fused-ring (bicyclic) bond motifs is 1.